The topological polar surface area (TPSA) is 89.7 Å². The largest absolute Gasteiger partial charge is 0.489 e. The molecule has 7 heteroatoms. The second-order valence-corrected chi connectivity index (χ2v) is 4.19. The zero-order valence-electron chi connectivity index (χ0n) is 10.7. The van der Waals surface area contributed by atoms with E-state index in [0.717, 1.165) is 12.1 Å². The van der Waals surface area contributed by atoms with E-state index >= 15 is 0 Å². The van der Waals surface area contributed by atoms with Crippen molar-refractivity contribution in [3.63, 3.8) is 0 Å². The summed E-state index contributed by atoms with van der Waals surface area (Å²) in [6, 6.07) is 8.77. The van der Waals surface area contributed by atoms with E-state index in [0.29, 0.717) is 11.3 Å². The summed E-state index contributed by atoms with van der Waals surface area (Å²) in [5, 5.41) is 19.3. The molecule has 0 unspecified atom stereocenters. The molecule has 0 atom stereocenters. The molecule has 0 fully saturated rings. The van der Waals surface area contributed by atoms with Crippen LogP contribution in [-0.4, -0.2) is 16.0 Å². The Hall–Kier alpha value is -2.96. The maximum atomic E-state index is 13.3. The van der Waals surface area contributed by atoms with Crippen molar-refractivity contribution in [1.82, 2.24) is 0 Å². The van der Waals surface area contributed by atoms with Crippen molar-refractivity contribution >= 4 is 11.7 Å². The predicted molar refractivity (Wildman–Crippen MR) is 70.8 cm³/mol. The molecular weight excluding hydrogens is 281 g/mol. The molecular formula is C14H10FNO5. The third-order valence-electron chi connectivity index (χ3n) is 2.66. The fourth-order valence-corrected chi connectivity index (χ4v) is 1.69. The lowest BCUT2D eigenvalue weighted by molar-refractivity contribution is -0.384. The Morgan fingerprint density at radius 3 is 2.48 bits per heavy atom. The number of nitro benzene ring substituents is 1. The molecule has 2 aromatic rings. The van der Waals surface area contributed by atoms with Gasteiger partial charge in [0, 0.05) is 12.1 Å². The highest BCUT2D eigenvalue weighted by molar-refractivity contribution is 5.87. The number of benzene rings is 2. The number of nitro groups is 1. The first-order valence-electron chi connectivity index (χ1n) is 5.86. The van der Waals surface area contributed by atoms with Crippen LogP contribution >= 0.6 is 0 Å². The number of non-ortho nitro benzene ring substituents is 1. The van der Waals surface area contributed by atoms with Gasteiger partial charge in [0.05, 0.1) is 10.5 Å². The molecule has 0 aliphatic carbocycles. The normalized spacial score (nSPS) is 10.1. The van der Waals surface area contributed by atoms with Crippen molar-refractivity contribution < 1.29 is 24.0 Å². The summed E-state index contributed by atoms with van der Waals surface area (Å²) in [6.45, 7) is -0.0458. The first kappa shape index (κ1) is 14.4. The summed E-state index contributed by atoms with van der Waals surface area (Å²) in [5.41, 5.74) is 0.115. The van der Waals surface area contributed by atoms with Crippen molar-refractivity contribution in [3.05, 3.63) is 69.5 Å². The Kier molecular flexibility index (Phi) is 4.13. The molecule has 0 saturated carbocycles. The van der Waals surface area contributed by atoms with Gasteiger partial charge in [-0.2, -0.15) is 0 Å². The van der Waals surface area contributed by atoms with Gasteiger partial charge in [-0.15, -0.1) is 0 Å². The van der Waals surface area contributed by atoms with Crippen molar-refractivity contribution in [2.45, 2.75) is 6.61 Å². The Bertz CT molecular complexity index is 684. The molecule has 0 bridgehead atoms. The zero-order chi connectivity index (χ0) is 15.4. The third-order valence-corrected chi connectivity index (χ3v) is 2.66. The smallest absolute Gasteiger partial charge is 0.335 e. The van der Waals surface area contributed by atoms with Gasteiger partial charge in [-0.25, -0.2) is 9.18 Å². The fourth-order valence-electron chi connectivity index (χ4n) is 1.69. The number of carboxylic acids is 1. The average molecular weight is 291 g/mol. The summed E-state index contributed by atoms with van der Waals surface area (Å²) in [5.74, 6) is -1.54. The van der Waals surface area contributed by atoms with Crippen LogP contribution in [0.1, 0.15) is 15.9 Å². The van der Waals surface area contributed by atoms with Crippen LogP contribution < -0.4 is 4.74 Å². The van der Waals surface area contributed by atoms with Crippen molar-refractivity contribution in [2.75, 3.05) is 0 Å². The minimum absolute atomic E-state index is 0.0458. The van der Waals surface area contributed by atoms with E-state index < -0.39 is 16.7 Å². The maximum Gasteiger partial charge on any atom is 0.335 e. The number of hydrogen-bond acceptors (Lipinski definition) is 4. The zero-order valence-corrected chi connectivity index (χ0v) is 10.7. The number of halogens is 1. The van der Waals surface area contributed by atoms with E-state index in [1.54, 1.807) is 0 Å². The van der Waals surface area contributed by atoms with Crippen molar-refractivity contribution in [3.8, 4) is 5.75 Å². The van der Waals surface area contributed by atoms with Crippen LogP contribution in [0.15, 0.2) is 42.5 Å². The highest BCUT2D eigenvalue weighted by atomic mass is 19.1. The van der Waals surface area contributed by atoms with Gasteiger partial charge in [-0.05, 0) is 35.9 Å². The van der Waals surface area contributed by atoms with Gasteiger partial charge in [-0.1, -0.05) is 0 Å². The van der Waals surface area contributed by atoms with Crippen LogP contribution in [0.5, 0.6) is 5.75 Å². The number of nitrogens with zero attached hydrogens (tertiary/aromatic N) is 1. The van der Waals surface area contributed by atoms with Gasteiger partial charge in [0.25, 0.3) is 5.69 Å². The maximum absolute atomic E-state index is 13.3. The molecule has 21 heavy (non-hydrogen) atoms. The first-order chi connectivity index (χ1) is 9.95. The summed E-state index contributed by atoms with van der Waals surface area (Å²) < 4.78 is 18.6. The molecule has 0 aliphatic heterocycles. The van der Waals surface area contributed by atoms with E-state index in [9.17, 15) is 19.3 Å². The molecule has 0 aliphatic rings. The average Bonchev–Trinajstić information content (AvgIpc) is 2.45. The molecule has 0 radical (unpaired) electrons. The van der Waals surface area contributed by atoms with Gasteiger partial charge in [0.1, 0.15) is 18.2 Å². The molecule has 2 aromatic carbocycles. The number of aromatic carboxylic acids is 1. The molecule has 0 amide bonds. The van der Waals surface area contributed by atoms with Gasteiger partial charge in [0.15, 0.2) is 0 Å². The van der Waals surface area contributed by atoms with Crippen LogP contribution in [0.2, 0.25) is 0 Å². The molecule has 1 N–H and O–H groups in total. The van der Waals surface area contributed by atoms with E-state index in [4.69, 9.17) is 9.84 Å². The number of rotatable bonds is 5. The molecule has 0 heterocycles. The van der Waals surface area contributed by atoms with E-state index in [2.05, 4.69) is 0 Å². The molecule has 2 rings (SSSR count). The van der Waals surface area contributed by atoms with Gasteiger partial charge in [-0.3, -0.25) is 10.1 Å². The van der Waals surface area contributed by atoms with E-state index in [1.165, 1.54) is 30.3 Å². The number of ether oxygens (including phenoxy) is 1. The van der Waals surface area contributed by atoms with E-state index in [-0.39, 0.29) is 17.9 Å². The second kappa shape index (κ2) is 6.00. The van der Waals surface area contributed by atoms with Crippen LogP contribution in [0.25, 0.3) is 0 Å². The van der Waals surface area contributed by atoms with Gasteiger partial charge >= 0.3 is 5.97 Å². The SMILES string of the molecule is O=C(O)c1cc(F)cc(COc2ccc([N+](=O)[O-])cc2)c1. The monoisotopic (exact) mass is 291 g/mol. The minimum Gasteiger partial charge on any atom is -0.489 e. The molecule has 0 saturated heterocycles. The third kappa shape index (κ3) is 3.75. The van der Waals surface area contributed by atoms with Crippen molar-refractivity contribution in [2.24, 2.45) is 0 Å². The predicted octanol–water partition coefficient (Wildman–Crippen LogP) is 3.01. The van der Waals surface area contributed by atoms with Crippen LogP contribution in [-0.2, 0) is 6.61 Å². The Morgan fingerprint density at radius 1 is 1.24 bits per heavy atom. The summed E-state index contributed by atoms with van der Waals surface area (Å²) in [6.07, 6.45) is 0. The highest BCUT2D eigenvalue weighted by Gasteiger charge is 2.08. The first-order valence-corrected chi connectivity index (χ1v) is 5.86. The number of carbonyl (C=O) groups is 1. The van der Waals surface area contributed by atoms with Crippen LogP contribution in [0.4, 0.5) is 10.1 Å². The number of hydrogen-bond donors (Lipinski definition) is 1. The number of carboxylic acid groups (broad SMARTS) is 1. The Labute approximate surface area is 118 Å². The van der Waals surface area contributed by atoms with Gasteiger partial charge in [0.2, 0.25) is 0 Å². The quantitative estimate of drug-likeness (QED) is 0.675. The van der Waals surface area contributed by atoms with Crippen molar-refractivity contribution in [1.29, 1.82) is 0 Å². The van der Waals surface area contributed by atoms with Crippen LogP contribution in [0.3, 0.4) is 0 Å². The molecule has 6 nitrogen and oxygen atoms in total. The second-order valence-electron chi connectivity index (χ2n) is 4.19. The lowest BCUT2D eigenvalue weighted by Crippen LogP contribution is -2.02. The lowest BCUT2D eigenvalue weighted by Gasteiger charge is -2.07. The van der Waals surface area contributed by atoms with Gasteiger partial charge < -0.3 is 9.84 Å². The molecule has 108 valence electrons. The summed E-state index contributed by atoms with van der Waals surface area (Å²) >= 11 is 0. The molecule has 0 aromatic heterocycles. The summed E-state index contributed by atoms with van der Waals surface area (Å²) in [7, 11) is 0. The standard InChI is InChI=1S/C14H10FNO5/c15-11-6-9(5-10(7-11)14(17)18)8-21-13-3-1-12(2-4-13)16(19)20/h1-7H,8H2,(H,17,18). The highest BCUT2D eigenvalue weighted by Crippen LogP contribution is 2.19. The van der Waals surface area contributed by atoms with Crippen LogP contribution in [0, 0.1) is 15.9 Å². The fraction of sp³-hybridized carbons (Fsp3) is 0.0714. The minimum atomic E-state index is -1.23. The Balaban J connectivity index is 2.09. The lowest BCUT2D eigenvalue weighted by atomic mass is 10.1. The summed E-state index contributed by atoms with van der Waals surface area (Å²) in [4.78, 5) is 20.8. The molecule has 0 spiro atoms. The Morgan fingerprint density at radius 2 is 1.90 bits per heavy atom. The van der Waals surface area contributed by atoms with E-state index in [1.807, 2.05) is 0 Å².